The van der Waals surface area contributed by atoms with Crippen LogP contribution in [0.3, 0.4) is 0 Å². The van der Waals surface area contributed by atoms with Gasteiger partial charge in [-0.05, 0) is 31.0 Å². The number of benzene rings is 1. The SMILES string of the molecule is CCC(N)(CC)C(=O)Nc1cc(S(N)(=O)=O)ccc1Cl. The first-order valence-electron chi connectivity index (χ1n) is 6.06. The summed E-state index contributed by atoms with van der Waals surface area (Å²) in [6, 6.07) is 3.83. The fourth-order valence-electron chi connectivity index (χ4n) is 1.60. The molecule has 1 rings (SSSR count). The highest BCUT2D eigenvalue weighted by atomic mass is 35.5. The minimum Gasteiger partial charge on any atom is -0.323 e. The third-order valence-electron chi connectivity index (χ3n) is 3.23. The Kier molecular flexibility index (Phi) is 5.15. The number of nitrogens with two attached hydrogens (primary N) is 2. The Morgan fingerprint density at radius 1 is 1.35 bits per heavy atom. The number of halogens is 1. The molecule has 0 heterocycles. The van der Waals surface area contributed by atoms with Crippen molar-refractivity contribution in [1.82, 2.24) is 0 Å². The van der Waals surface area contributed by atoms with Crippen LogP contribution in [0.4, 0.5) is 5.69 Å². The van der Waals surface area contributed by atoms with Crippen LogP contribution in [0.2, 0.25) is 5.02 Å². The van der Waals surface area contributed by atoms with Gasteiger partial charge in [0.15, 0.2) is 0 Å². The third-order valence-corrected chi connectivity index (χ3v) is 4.47. The lowest BCUT2D eigenvalue weighted by molar-refractivity contribution is -0.121. The number of nitrogens with one attached hydrogen (secondary N) is 1. The quantitative estimate of drug-likeness (QED) is 0.761. The summed E-state index contributed by atoms with van der Waals surface area (Å²) in [6.07, 6.45) is 0.893. The molecule has 0 unspecified atom stereocenters. The van der Waals surface area contributed by atoms with E-state index >= 15 is 0 Å². The fraction of sp³-hybridized carbons (Fsp3) is 0.417. The highest BCUT2D eigenvalue weighted by molar-refractivity contribution is 7.89. The maximum Gasteiger partial charge on any atom is 0.244 e. The molecule has 1 aromatic carbocycles. The van der Waals surface area contributed by atoms with Gasteiger partial charge in [-0.3, -0.25) is 4.79 Å². The molecule has 0 bridgehead atoms. The number of rotatable bonds is 5. The van der Waals surface area contributed by atoms with Crippen molar-refractivity contribution in [3.63, 3.8) is 0 Å². The molecular formula is C12H18ClN3O3S. The van der Waals surface area contributed by atoms with E-state index in [1.807, 2.05) is 0 Å². The van der Waals surface area contributed by atoms with Crippen molar-refractivity contribution in [3.8, 4) is 0 Å². The molecule has 112 valence electrons. The van der Waals surface area contributed by atoms with Gasteiger partial charge in [0.1, 0.15) is 0 Å². The van der Waals surface area contributed by atoms with Gasteiger partial charge >= 0.3 is 0 Å². The zero-order chi connectivity index (χ0) is 15.6. The Bertz CT molecular complexity index is 612. The molecule has 0 saturated heterocycles. The number of anilines is 1. The lowest BCUT2D eigenvalue weighted by Crippen LogP contribution is -2.50. The second-order valence-electron chi connectivity index (χ2n) is 4.50. The Hall–Kier alpha value is -1.15. The smallest absolute Gasteiger partial charge is 0.244 e. The molecule has 0 fully saturated rings. The predicted molar refractivity (Wildman–Crippen MR) is 79.0 cm³/mol. The van der Waals surface area contributed by atoms with E-state index < -0.39 is 21.5 Å². The van der Waals surface area contributed by atoms with Crippen LogP contribution in [-0.4, -0.2) is 19.9 Å². The zero-order valence-electron chi connectivity index (χ0n) is 11.3. The average Bonchev–Trinajstić information content (AvgIpc) is 2.38. The second-order valence-corrected chi connectivity index (χ2v) is 6.47. The summed E-state index contributed by atoms with van der Waals surface area (Å²) in [5, 5.41) is 7.79. The molecule has 0 atom stereocenters. The zero-order valence-corrected chi connectivity index (χ0v) is 12.9. The van der Waals surface area contributed by atoms with Gasteiger partial charge in [0.05, 0.1) is 21.1 Å². The van der Waals surface area contributed by atoms with Crippen molar-refractivity contribution in [2.45, 2.75) is 37.1 Å². The van der Waals surface area contributed by atoms with Gasteiger partial charge in [0.2, 0.25) is 15.9 Å². The third kappa shape index (κ3) is 3.69. The number of hydrogen-bond acceptors (Lipinski definition) is 4. The topological polar surface area (TPSA) is 115 Å². The first kappa shape index (κ1) is 16.9. The Balaban J connectivity index is 3.13. The summed E-state index contributed by atoms with van der Waals surface area (Å²) in [6.45, 7) is 3.59. The molecule has 6 nitrogen and oxygen atoms in total. The first-order valence-corrected chi connectivity index (χ1v) is 7.99. The summed E-state index contributed by atoms with van der Waals surface area (Å²) >= 11 is 5.94. The molecule has 0 aliphatic rings. The molecule has 0 aliphatic heterocycles. The maximum atomic E-state index is 12.1. The van der Waals surface area contributed by atoms with Crippen molar-refractivity contribution < 1.29 is 13.2 Å². The Morgan fingerprint density at radius 3 is 2.35 bits per heavy atom. The van der Waals surface area contributed by atoms with Gasteiger partial charge in [0.25, 0.3) is 0 Å². The van der Waals surface area contributed by atoms with E-state index in [-0.39, 0.29) is 15.6 Å². The highest BCUT2D eigenvalue weighted by Gasteiger charge is 2.30. The normalized spacial score (nSPS) is 12.2. The van der Waals surface area contributed by atoms with E-state index in [0.29, 0.717) is 12.8 Å². The van der Waals surface area contributed by atoms with Gasteiger partial charge < -0.3 is 11.1 Å². The lowest BCUT2D eigenvalue weighted by Gasteiger charge is -2.25. The maximum absolute atomic E-state index is 12.1. The van der Waals surface area contributed by atoms with Crippen LogP contribution in [0.25, 0.3) is 0 Å². The van der Waals surface area contributed by atoms with E-state index in [1.54, 1.807) is 13.8 Å². The average molecular weight is 320 g/mol. The minimum atomic E-state index is -3.87. The van der Waals surface area contributed by atoms with Crippen molar-refractivity contribution in [3.05, 3.63) is 23.2 Å². The number of hydrogen-bond donors (Lipinski definition) is 3. The van der Waals surface area contributed by atoms with Crippen LogP contribution in [0, 0.1) is 0 Å². The molecule has 0 aliphatic carbocycles. The Morgan fingerprint density at radius 2 is 1.90 bits per heavy atom. The first-order chi connectivity index (χ1) is 9.14. The molecule has 1 aromatic rings. The van der Waals surface area contributed by atoms with Crippen molar-refractivity contribution >= 4 is 33.2 Å². The number of amides is 1. The predicted octanol–water partition coefficient (Wildman–Crippen LogP) is 1.44. The van der Waals surface area contributed by atoms with Crippen LogP contribution in [0.1, 0.15) is 26.7 Å². The van der Waals surface area contributed by atoms with Crippen LogP contribution < -0.4 is 16.2 Å². The molecule has 0 aromatic heterocycles. The van der Waals surface area contributed by atoms with Crippen molar-refractivity contribution in [1.29, 1.82) is 0 Å². The fourth-order valence-corrected chi connectivity index (χ4v) is 2.30. The van der Waals surface area contributed by atoms with Crippen molar-refractivity contribution in [2.75, 3.05) is 5.32 Å². The highest BCUT2D eigenvalue weighted by Crippen LogP contribution is 2.26. The van der Waals surface area contributed by atoms with Crippen LogP contribution in [-0.2, 0) is 14.8 Å². The van der Waals surface area contributed by atoms with E-state index in [1.165, 1.54) is 18.2 Å². The van der Waals surface area contributed by atoms with Crippen LogP contribution in [0.15, 0.2) is 23.1 Å². The van der Waals surface area contributed by atoms with E-state index in [0.717, 1.165) is 0 Å². The summed E-state index contributed by atoms with van der Waals surface area (Å²) in [7, 11) is -3.87. The number of carbonyl (C=O) groups excluding carboxylic acids is 1. The molecule has 0 spiro atoms. The number of carbonyl (C=O) groups is 1. The standard InChI is InChI=1S/C12H18ClN3O3S/c1-3-12(14,4-2)11(17)16-10-7-8(20(15,18)19)5-6-9(10)13/h5-7H,3-4,14H2,1-2H3,(H,16,17)(H2,15,18,19). The summed E-state index contributed by atoms with van der Waals surface area (Å²) in [4.78, 5) is 12.0. The van der Waals surface area contributed by atoms with Crippen LogP contribution >= 0.6 is 11.6 Å². The molecule has 20 heavy (non-hydrogen) atoms. The van der Waals surface area contributed by atoms with Crippen molar-refractivity contribution in [2.24, 2.45) is 10.9 Å². The summed E-state index contributed by atoms with van der Waals surface area (Å²) < 4.78 is 22.6. The molecule has 5 N–H and O–H groups in total. The molecule has 1 amide bonds. The lowest BCUT2D eigenvalue weighted by atomic mass is 9.93. The monoisotopic (exact) mass is 319 g/mol. The van der Waals surface area contributed by atoms with E-state index in [2.05, 4.69) is 5.32 Å². The van der Waals surface area contributed by atoms with Gasteiger partial charge in [-0.25, -0.2) is 13.6 Å². The molecular weight excluding hydrogens is 302 g/mol. The second kappa shape index (κ2) is 6.09. The van der Waals surface area contributed by atoms with E-state index in [4.69, 9.17) is 22.5 Å². The minimum absolute atomic E-state index is 0.132. The molecule has 0 radical (unpaired) electrons. The number of sulfonamides is 1. The van der Waals surface area contributed by atoms with Gasteiger partial charge in [-0.15, -0.1) is 0 Å². The van der Waals surface area contributed by atoms with Gasteiger partial charge in [0, 0.05) is 0 Å². The van der Waals surface area contributed by atoms with E-state index in [9.17, 15) is 13.2 Å². The molecule has 0 saturated carbocycles. The largest absolute Gasteiger partial charge is 0.323 e. The van der Waals surface area contributed by atoms with Crippen LogP contribution in [0.5, 0.6) is 0 Å². The Labute approximate surface area is 123 Å². The van der Waals surface area contributed by atoms with Gasteiger partial charge in [-0.1, -0.05) is 25.4 Å². The summed E-state index contributed by atoms with van der Waals surface area (Å²) in [5.41, 5.74) is 5.10. The summed E-state index contributed by atoms with van der Waals surface area (Å²) in [5.74, 6) is -0.420. The number of primary sulfonamides is 1. The van der Waals surface area contributed by atoms with Gasteiger partial charge in [-0.2, -0.15) is 0 Å². The molecule has 8 heteroatoms.